The van der Waals surface area contributed by atoms with Gasteiger partial charge in [-0.1, -0.05) is 20.3 Å². The SMILES string of the molecule is CN=C(NCc1nncn1C)NCC1(CC(C)C)CCC1. The van der Waals surface area contributed by atoms with E-state index < -0.39 is 0 Å². The van der Waals surface area contributed by atoms with Gasteiger partial charge in [-0.3, -0.25) is 4.99 Å². The van der Waals surface area contributed by atoms with Crippen LogP contribution in [0.15, 0.2) is 11.3 Å². The lowest BCUT2D eigenvalue weighted by atomic mass is 9.64. The van der Waals surface area contributed by atoms with Crippen molar-refractivity contribution in [3.05, 3.63) is 12.2 Å². The van der Waals surface area contributed by atoms with E-state index in [1.165, 1.54) is 25.7 Å². The van der Waals surface area contributed by atoms with Crippen LogP contribution in [0.25, 0.3) is 0 Å². The van der Waals surface area contributed by atoms with Crippen LogP contribution in [0.5, 0.6) is 0 Å². The lowest BCUT2D eigenvalue weighted by molar-refractivity contribution is 0.104. The van der Waals surface area contributed by atoms with Crippen LogP contribution in [0.1, 0.15) is 45.4 Å². The van der Waals surface area contributed by atoms with Gasteiger partial charge in [0.2, 0.25) is 0 Å². The van der Waals surface area contributed by atoms with Gasteiger partial charge in [-0.05, 0) is 30.6 Å². The molecule has 1 heterocycles. The Morgan fingerprint density at radius 1 is 1.43 bits per heavy atom. The highest BCUT2D eigenvalue weighted by atomic mass is 15.3. The van der Waals surface area contributed by atoms with Crippen molar-refractivity contribution < 1.29 is 0 Å². The molecule has 2 rings (SSSR count). The topological polar surface area (TPSA) is 67.1 Å². The highest BCUT2D eigenvalue weighted by Crippen LogP contribution is 2.45. The Bertz CT molecular complexity index is 472. The smallest absolute Gasteiger partial charge is 0.191 e. The van der Waals surface area contributed by atoms with Gasteiger partial charge in [0.1, 0.15) is 6.33 Å². The number of aromatic nitrogens is 3. The molecule has 1 aromatic rings. The van der Waals surface area contributed by atoms with Gasteiger partial charge in [0.25, 0.3) is 0 Å². The first-order valence-corrected chi connectivity index (χ1v) is 7.82. The van der Waals surface area contributed by atoms with Crippen molar-refractivity contribution in [2.45, 2.75) is 46.1 Å². The van der Waals surface area contributed by atoms with Crippen molar-refractivity contribution in [3.8, 4) is 0 Å². The fourth-order valence-electron chi connectivity index (χ4n) is 3.12. The van der Waals surface area contributed by atoms with E-state index in [1.807, 2.05) is 18.7 Å². The molecule has 0 unspecified atom stereocenters. The molecule has 118 valence electrons. The van der Waals surface area contributed by atoms with Crippen molar-refractivity contribution in [2.24, 2.45) is 23.4 Å². The summed E-state index contributed by atoms with van der Waals surface area (Å²) < 4.78 is 1.91. The number of nitrogens with one attached hydrogen (secondary N) is 2. The number of aliphatic imine (C=N–C) groups is 1. The summed E-state index contributed by atoms with van der Waals surface area (Å²) in [5.41, 5.74) is 0.469. The van der Waals surface area contributed by atoms with Crippen molar-refractivity contribution in [3.63, 3.8) is 0 Å². The van der Waals surface area contributed by atoms with E-state index in [1.54, 1.807) is 6.33 Å². The van der Waals surface area contributed by atoms with Crippen LogP contribution in [0.2, 0.25) is 0 Å². The molecule has 0 bridgehead atoms. The first-order valence-electron chi connectivity index (χ1n) is 7.82. The van der Waals surface area contributed by atoms with Gasteiger partial charge in [-0.2, -0.15) is 0 Å². The third-order valence-corrected chi connectivity index (χ3v) is 4.33. The second-order valence-corrected chi connectivity index (χ2v) is 6.59. The molecule has 6 heteroatoms. The molecule has 6 nitrogen and oxygen atoms in total. The van der Waals surface area contributed by atoms with E-state index in [0.717, 1.165) is 24.2 Å². The van der Waals surface area contributed by atoms with Gasteiger partial charge in [0.05, 0.1) is 6.54 Å². The first-order chi connectivity index (χ1) is 10.0. The molecule has 0 amide bonds. The minimum Gasteiger partial charge on any atom is -0.356 e. The van der Waals surface area contributed by atoms with Crippen LogP contribution in [-0.4, -0.2) is 34.3 Å². The number of aryl methyl sites for hydroxylation is 1. The third-order valence-electron chi connectivity index (χ3n) is 4.33. The van der Waals surface area contributed by atoms with Crippen molar-refractivity contribution in [1.29, 1.82) is 0 Å². The number of nitrogens with zero attached hydrogens (tertiary/aromatic N) is 4. The summed E-state index contributed by atoms with van der Waals surface area (Å²) in [6.45, 7) is 6.25. The van der Waals surface area contributed by atoms with Crippen LogP contribution in [0.3, 0.4) is 0 Å². The fraction of sp³-hybridized carbons (Fsp3) is 0.800. The largest absolute Gasteiger partial charge is 0.356 e. The number of hydrogen-bond acceptors (Lipinski definition) is 3. The van der Waals surface area contributed by atoms with E-state index in [4.69, 9.17) is 0 Å². The van der Waals surface area contributed by atoms with Gasteiger partial charge >= 0.3 is 0 Å². The molecular formula is C15H28N6. The van der Waals surface area contributed by atoms with Gasteiger partial charge in [-0.15, -0.1) is 10.2 Å². The minimum absolute atomic E-state index is 0.469. The summed E-state index contributed by atoms with van der Waals surface area (Å²) in [6.07, 6.45) is 7.02. The zero-order valence-electron chi connectivity index (χ0n) is 13.7. The Kier molecular flexibility index (Phi) is 5.20. The standard InChI is InChI=1S/C15H28N6/c1-12(2)8-15(6-5-7-15)10-18-14(16-3)17-9-13-20-19-11-21(13)4/h11-12H,5-10H2,1-4H3,(H2,16,17,18). The molecule has 2 N–H and O–H groups in total. The van der Waals surface area contributed by atoms with Gasteiger partial charge in [0.15, 0.2) is 11.8 Å². The quantitative estimate of drug-likeness (QED) is 0.618. The lowest BCUT2D eigenvalue weighted by Gasteiger charge is -2.43. The molecule has 1 fully saturated rings. The molecular weight excluding hydrogens is 264 g/mol. The third kappa shape index (κ3) is 4.19. The van der Waals surface area contributed by atoms with E-state index in [2.05, 4.69) is 39.7 Å². The molecule has 0 spiro atoms. The van der Waals surface area contributed by atoms with Gasteiger partial charge in [-0.25, -0.2) is 0 Å². The van der Waals surface area contributed by atoms with Crippen molar-refractivity contribution in [2.75, 3.05) is 13.6 Å². The van der Waals surface area contributed by atoms with Crippen LogP contribution in [0.4, 0.5) is 0 Å². The monoisotopic (exact) mass is 292 g/mol. The zero-order chi connectivity index (χ0) is 15.3. The van der Waals surface area contributed by atoms with E-state index in [9.17, 15) is 0 Å². The summed E-state index contributed by atoms with van der Waals surface area (Å²) in [7, 11) is 3.75. The molecule has 0 aromatic carbocycles. The summed E-state index contributed by atoms with van der Waals surface area (Å²) in [5, 5.41) is 14.7. The Balaban J connectivity index is 1.81. The molecule has 1 aliphatic carbocycles. The second-order valence-electron chi connectivity index (χ2n) is 6.59. The molecule has 0 aliphatic heterocycles. The summed E-state index contributed by atoms with van der Waals surface area (Å²) in [6, 6.07) is 0. The zero-order valence-corrected chi connectivity index (χ0v) is 13.7. The molecule has 0 atom stereocenters. The number of rotatable bonds is 6. The predicted octanol–water partition coefficient (Wildman–Crippen LogP) is 1.70. The van der Waals surface area contributed by atoms with Gasteiger partial charge < -0.3 is 15.2 Å². The first kappa shape index (κ1) is 15.8. The molecule has 0 radical (unpaired) electrons. The Labute approximate surface area is 127 Å². The highest BCUT2D eigenvalue weighted by molar-refractivity contribution is 5.79. The maximum atomic E-state index is 4.29. The predicted molar refractivity (Wildman–Crippen MR) is 84.9 cm³/mol. The molecule has 0 saturated heterocycles. The normalized spacial score (nSPS) is 17.7. The maximum Gasteiger partial charge on any atom is 0.191 e. The summed E-state index contributed by atoms with van der Waals surface area (Å²) >= 11 is 0. The van der Waals surface area contributed by atoms with Crippen molar-refractivity contribution >= 4 is 5.96 Å². The number of guanidine groups is 1. The summed E-state index contributed by atoms with van der Waals surface area (Å²) in [5.74, 6) is 2.49. The highest BCUT2D eigenvalue weighted by Gasteiger charge is 2.37. The number of hydrogen-bond donors (Lipinski definition) is 2. The van der Waals surface area contributed by atoms with Crippen LogP contribution in [-0.2, 0) is 13.6 Å². The Hall–Kier alpha value is -1.59. The van der Waals surface area contributed by atoms with E-state index >= 15 is 0 Å². The second kappa shape index (κ2) is 6.91. The van der Waals surface area contributed by atoms with Crippen LogP contribution < -0.4 is 10.6 Å². The molecule has 1 aromatic heterocycles. The lowest BCUT2D eigenvalue weighted by Crippen LogP contribution is -2.46. The summed E-state index contributed by atoms with van der Waals surface area (Å²) in [4.78, 5) is 4.29. The van der Waals surface area contributed by atoms with Crippen LogP contribution >= 0.6 is 0 Å². The van der Waals surface area contributed by atoms with Gasteiger partial charge in [0, 0.05) is 20.6 Å². The maximum absolute atomic E-state index is 4.29. The fourth-order valence-corrected chi connectivity index (χ4v) is 3.12. The molecule has 1 aliphatic rings. The Morgan fingerprint density at radius 2 is 2.19 bits per heavy atom. The van der Waals surface area contributed by atoms with Crippen LogP contribution in [0, 0.1) is 11.3 Å². The van der Waals surface area contributed by atoms with E-state index in [-0.39, 0.29) is 0 Å². The van der Waals surface area contributed by atoms with Crippen molar-refractivity contribution in [1.82, 2.24) is 25.4 Å². The molecule has 1 saturated carbocycles. The van der Waals surface area contributed by atoms with E-state index in [0.29, 0.717) is 12.0 Å². The average molecular weight is 292 g/mol. The average Bonchev–Trinajstić information content (AvgIpc) is 2.80. The minimum atomic E-state index is 0.469. The molecule has 21 heavy (non-hydrogen) atoms. The Morgan fingerprint density at radius 3 is 2.67 bits per heavy atom.